The van der Waals surface area contributed by atoms with Gasteiger partial charge in [0.25, 0.3) is 5.92 Å². The van der Waals surface area contributed by atoms with Crippen molar-refractivity contribution in [2.75, 3.05) is 0 Å². The minimum absolute atomic E-state index is 0.121. The van der Waals surface area contributed by atoms with Gasteiger partial charge in [0, 0.05) is 12.6 Å². The molecule has 0 aromatic carbocycles. The van der Waals surface area contributed by atoms with Gasteiger partial charge in [0.05, 0.1) is 5.56 Å². The van der Waals surface area contributed by atoms with E-state index in [1.165, 1.54) is 25.3 Å². The fourth-order valence-corrected chi connectivity index (χ4v) is 1.11. The molecular weight excluding hydrogens is 184 g/mol. The lowest BCUT2D eigenvalue weighted by Gasteiger charge is -2.14. The third-order valence-electron chi connectivity index (χ3n) is 1.60. The van der Waals surface area contributed by atoms with Crippen LogP contribution in [0.5, 0.6) is 0 Å². The number of pyridine rings is 1. The van der Waals surface area contributed by atoms with Gasteiger partial charge in [-0.25, -0.2) is 13.8 Å². The van der Waals surface area contributed by atoms with Crippen molar-refractivity contribution >= 4 is 11.6 Å². The molecule has 1 aromatic rings. The molecule has 1 aromatic heterocycles. The van der Waals surface area contributed by atoms with E-state index in [1.54, 1.807) is 0 Å². The molecule has 0 radical (unpaired) electrons. The van der Waals surface area contributed by atoms with E-state index in [0.29, 0.717) is 0 Å². The van der Waals surface area contributed by atoms with E-state index in [1.807, 2.05) is 0 Å². The summed E-state index contributed by atoms with van der Waals surface area (Å²) in [5.74, 6) is -2.87. The zero-order chi connectivity index (χ0) is 9.19. The molecule has 0 unspecified atom stereocenters. The molecule has 0 spiro atoms. The van der Waals surface area contributed by atoms with Crippen LogP contribution in [0.4, 0.5) is 8.78 Å². The Labute approximate surface area is 74.4 Å². The van der Waals surface area contributed by atoms with Crippen molar-refractivity contribution in [2.45, 2.75) is 19.3 Å². The largest absolute Gasteiger partial charge is 0.275 e. The quantitative estimate of drug-likeness (QED) is 0.654. The predicted octanol–water partition coefficient (Wildman–Crippen LogP) is 3.24. The SMILES string of the molecule is CCC(F)(F)c1cccnc1Cl. The smallest absolute Gasteiger partial charge is 0.244 e. The highest BCUT2D eigenvalue weighted by Crippen LogP contribution is 2.34. The van der Waals surface area contributed by atoms with Crippen molar-refractivity contribution < 1.29 is 8.78 Å². The molecule has 0 saturated heterocycles. The molecule has 4 heteroatoms. The normalized spacial score (nSPS) is 11.7. The average molecular weight is 192 g/mol. The predicted molar refractivity (Wildman–Crippen MR) is 43.4 cm³/mol. The Balaban J connectivity index is 3.10. The van der Waals surface area contributed by atoms with E-state index < -0.39 is 5.92 Å². The molecule has 66 valence electrons. The minimum atomic E-state index is -2.87. The Bertz CT molecular complexity index is 276. The van der Waals surface area contributed by atoms with Crippen LogP contribution in [-0.4, -0.2) is 4.98 Å². The van der Waals surface area contributed by atoms with Gasteiger partial charge < -0.3 is 0 Å². The summed E-state index contributed by atoms with van der Waals surface area (Å²) in [5, 5.41) is -0.121. The Morgan fingerprint density at radius 2 is 2.25 bits per heavy atom. The molecule has 0 amide bonds. The van der Waals surface area contributed by atoms with Crippen molar-refractivity contribution in [3.05, 3.63) is 29.0 Å². The van der Waals surface area contributed by atoms with Crippen LogP contribution in [0.1, 0.15) is 18.9 Å². The summed E-state index contributed by atoms with van der Waals surface area (Å²) in [6, 6.07) is 2.74. The Morgan fingerprint density at radius 3 is 2.75 bits per heavy atom. The lowest BCUT2D eigenvalue weighted by atomic mass is 10.1. The highest BCUT2D eigenvalue weighted by Gasteiger charge is 2.31. The number of alkyl halides is 2. The summed E-state index contributed by atoms with van der Waals surface area (Å²) in [6.07, 6.45) is 1.12. The molecule has 1 rings (SSSR count). The maximum absolute atomic E-state index is 13.0. The number of aromatic nitrogens is 1. The second-order valence-corrected chi connectivity index (χ2v) is 2.76. The van der Waals surface area contributed by atoms with E-state index in [-0.39, 0.29) is 17.1 Å². The Morgan fingerprint density at radius 1 is 1.58 bits per heavy atom. The van der Waals surface area contributed by atoms with Crippen molar-refractivity contribution in [3.63, 3.8) is 0 Å². The van der Waals surface area contributed by atoms with Gasteiger partial charge in [-0.15, -0.1) is 0 Å². The molecule has 0 aliphatic carbocycles. The van der Waals surface area contributed by atoms with Crippen LogP contribution in [0, 0.1) is 0 Å². The van der Waals surface area contributed by atoms with E-state index in [9.17, 15) is 8.78 Å². The van der Waals surface area contributed by atoms with E-state index in [4.69, 9.17) is 11.6 Å². The van der Waals surface area contributed by atoms with Crippen molar-refractivity contribution in [3.8, 4) is 0 Å². The summed E-state index contributed by atoms with van der Waals surface area (Å²) in [5.41, 5.74) is -0.200. The first kappa shape index (κ1) is 9.39. The maximum Gasteiger partial charge on any atom is 0.275 e. The molecular formula is C8H8ClF2N. The first-order chi connectivity index (χ1) is 5.58. The summed E-state index contributed by atoms with van der Waals surface area (Å²) in [6.45, 7) is 1.41. The molecule has 0 aliphatic heterocycles. The molecule has 0 saturated carbocycles. The Kier molecular flexibility index (Phi) is 2.62. The zero-order valence-corrected chi connectivity index (χ0v) is 7.28. The summed E-state index contributed by atoms with van der Waals surface area (Å²) in [4.78, 5) is 3.58. The zero-order valence-electron chi connectivity index (χ0n) is 6.52. The number of rotatable bonds is 2. The van der Waals surface area contributed by atoms with E-state index in [0.717, 1.165) is 0 Å². The average Bonchev–Trinajstić information content (AvgIpc) is 2.05. The first-order valence-electron chi connectivity index (χ1n) is 3.56. The molecule has 0 fully saturated rings. The number of nitrogens with zero attached hydrogens (tertiary/aromatic N) is 1. The van der Waals surface area contributed by atoms with Gasteiger partial charge in [-0.3, -0.25) is 0 Å². The van der Waals surface area contributed by atoms with Crippen LogP contribution in [0.2, 0.25) is 5.15 Å². The standard InChI is InChI=1S/C8H8ClF2N/c1-2-8(10,11)6-4-3-5-12-7(6)9/h3-5H,2H2,1H3. The van der Waals surface area contributed by atoms with Crippen LogP contribution in [0.3, 0.4) is 0 Å². The van der Waals surface area contributed by atoms with E-state index >= 15 is 0 Å². The van der Waals surface area contributed by atoms with Gasteiger partial charge in [0.2, 0.25) is 0 Å². The molecule has 0 N–H and O–H groups in total. The molecule has 1 nitrogen and oxygen atoms in total. The third kappa shape index (κ3) is 1.72. The third-order valence-corrected chi connectivity index (χ3v) is 1.90. The first-order valence-corrected chi connectivity index (χ1v) is 3.94. The molecule has 0 atom stereocenters. The van der Waals surface area contributed by atoms with Crippen molar-refractivity contribution in [1.82, 2.24) is 4.98 Å². The molecule has 0 aliphatic rings. The van der Waals surface area contributed by atoms with Crippen LogP contribution in [-0.2, 0) is 5.92 Å². The summed E-state index contributed by atoms with van der Waals surface area (Å²) in [7, 11) is 0. The van der Waals surface area contributed by atoms with Crippen molar-refractivity contribution in [1.29, 1.82) is 0 Å². The topological polar surface area (TPSA) is 12.9 Å². The molecule has 12 heavy (non-hydrogen) atoms. The van der Waals surface area contributed by atoms with Crippen LogP contribution in [0.15, 0.2) is 18.3 Å². The van der Waals surface area contributed by atoms with Crippen molar-refractivity contribution in [2.24, 2.45) is 0 Å². The molecule has 0 bridgehead atoms. The van der Waals surface area contributed by atoms with Gasteiger partial charge in [-0.1, -0.05) is 18.5 Å². The summed E-state index contributed by atoms with van der Waals surface area (Å²) < 4.78 is 26.0. The highest BCUT2D eigenvalue weighted by atomic mass is 35.5. The second kappa shape index (κ2) is 3.35. The fourth-order valence-electron chi connectivity index (χ4n) is 0.849. The van der Waals surface area contributed by atoms with Gasteiger partial charge in [0.1, 0.15) is 5.15 Å². The van der Waals surface area contributed by atoms with Crippen LogP contribution < -0.4 is 0 Å². The monoisotopic (exact) mass is 191 g/mol. The van der Waals surface area contributed by atoms with Crippen LogP contribution in [0.25, 0.3) is 0 Å². The fraction of sp³-hybridized carbons (Fsp3) is 0.375. The summed E-state index contributed by atoms with van der Waals surface area (Å²) >= 11 is 5.50. The van der Waals surface area contributed by atoms with Gasteiger partial charge in [0.15, 0.2) is 0 Å². The number of hydrogen-bond acceptors (Lipinski definition) is 1. The molecule has 1 heterocycles. The lowest BCUT2D eigenvalue weighted by molar-refractivity contribution is -0.00848. The maximum atomic E-state index is 13.0. The Hall–Kier alpha value is -0.700. The van der Waals surface area contributed by atoms with Gasteiger partial charge in [-0.2, -0.15) is 0 Å². The second-order valence-electron chi connectivity index (χ2n) is 2.40. The van der Waals surface area contributed by atoms with E-state index in [2.05, 4.69) is 4.98 Å². The number of hydrogen-bond donors (Lipinski definition) is 0. The minimum Gasteiger partial charge on any atom is -0.244 e. The highest BCUT2D eigenvalue weighted by molar-refractivity contribution is 6.30. The van der Waals surface area contributed by atoms with Gasteiger partial charge >= 0.3 is 0 Å². The van der Waals surface area contributed by atoms with Crippen LogP contribution >= 0.6 is 11.6 Å². The number of halogens is 3. The lowest BCUT2D eigenvalue weighted by Crippen LogP contribution is -2.12. The van der Waals surface area contributed by atoms with Gasteiger partial charge in [-0.05, 0) is 12.1 Å².